The van der Waals surface area contributed by atoms with Crippen LogP contribution in [0.1, 0.15) is 0 Å². The minimum absolute atomic E-state index is 0. The number of rotatable bonds is 0. The third-order valence-electron chi connectivity index (χ3n) is 0. The molecular weight excluding hydrogens is 95.9 g/mol. The molecular formula is H4O3Ti. The van der Waals surface area contributed by atoms with E-state index in [4.69, 9.17) is 0 Å². The first-order chi connectivity index (χ1) is 0. The van der Waals surface area contributed by atoms with Gasteiger partial charge in [0.25, 0.3) is 0 Å². The van der Waals surface area contributed by atoms with Crippen molar-refractivity contribution in [2.24, 2.45) is 0 Å². The molecule has 0 unspecified atom stereocenters. The number of hydrogen-bond acceptors (Lipinski definition) is 0. The maximum absolute atomic E-state index is 0. The van der Waals surface area contributed by atoms with Crippen molar-refractivity contribution in [2.75, 3.05) is 0 Å². The van der Waals surface area contributed by atoms with Gasteiger partial charge in [-0.05, 0) is 0 Å². The summed E-state index contributed by atoms with van der Waals surface area (Å²) in [7, 11) is 0. The molecule has 0 aromatic carbocycles. The van der Waals surface area contributed by atoms with Crippen LogP contribution in [0.2, 0.25) is 0 Å². The van der Waals surface area contributed by atoms with Crippen LogP contribution in [0.4, 0.5) is 0 Å². The normalized spacial score (nSPS) is 0. The molecule has 4 heteroatoms. The molecule has 0 heterocycles. The number of hydrogen-bond donors (Lipinski definition) is 0. The van der Waals surface area contributed by atoms with Crippen LogP contribution in [-0.2, 0) is 27.2 Å². The van der Waals surface area contributed by atoms with Gasteiger partial charge in [-0.2, -0.15) is 0 Å². The molecule has 0 aliphatic carbocycles. The van der Waals surface area contributed by atoms with Gasteiger partial charge in [-0.3, -0.25) is 0 Å². The van der Waals surface area contributed by atoms with Crippen molar-refractivity contribution in [2.45, 2.75) is 0 Å². The molecule has 4 N–H and O–H groups in total. The molecule has 0 aliphatic heterocycles. The third-order valence-corrected chi connectivity index (χ3v) is 0. The van der Waals surface area contributed by atoms with Crippen molar-refractivity contribution < 1.29 is 38.1 Å². The van der Waals surface area contributed by atoms with Crippen molar-refractivity contribution >= 4 is 0 Å². The van der Waals surface area contributed by atoms with Crippen molar-refractivity contribution in [1.82, 2.24) is 0 Å². The molecule has 0 rings (SSSR count). The molecule has 0 bridgehead atoms. The van der Waals surface area contributed by atoms with E-state index in [1.807, 2.05) is 0 Å². The van der Waals surface area contributed by atoms with Crippen LogP contribution in [-0.4, -0.2) is 11.0 Å². The fraction of sp³-hybridized carbons (Fsp3) is 0. The van der Waals surface area contributed by atoms with Gasteiger partial charge >= 0.3 is 21.7 Å². The van der Waals surface area contributed by atoms with Gasteiger partial charge in [0, 0.05) is 0 Å². The summed E-state index contributed by atoms with van der Waals surface area (Å²) in [6, 6.07) is 0. The fourth-order valence-corrected chi connectivity index (χ4v) is 0. The first kappa shape index (κ1) is 168. The third kappa shape index (κ3) is 18.7. The Labute approximate surface area is 38.8 Å². The van der Waals surface area contributed by atoms with E-state index in [1.54, 1.807) is 0 Å². The topological polar surface area (TPSA) is 91.5 Å². The maximum atomic E-state index is 0. The minimum Gasteiger partial charge on any atom is -2.00 e. The van der Waals surface area contributed by atoms with E-state index in [0.29, 0.717) is 0 Å². The molecule has 0 aromatic heterocycles. The van der Waals surface area contributed by atoms with Crippen LogP contribution in [0.5, 0.6) is 0 Å². The first-order valence-electron chi connectivity index (χ1n) is 0. The van der Waals surface area contributed by atoms with Crippen molar-refractivity contribution in [1.29, 1.82) is 0 Å². The molecule has 0 aromatic rings. The van der Waals surface area contributed by atoms with E-state index in [9.17, 15) is 0 Å². The predicted octanol–water partition coefficient (Wildman–Crippen LogP) is -1.77. The average Bonchev–Trinajstić information content (AvgIpc) is 0. The summed E-state index contributed by atoms with van der Waals surface area (Å²) in [5.74, 6) is 0. The average molecular weight is 99.9 g/mol. The van der Waals surface area contributed by atoms with Crippen LogP contribution < -0.4 is 0 Å². The molecule has 0 atom stereocenters. The second-order valence-corrected chi connectivity index (χ2v) is 0. The molecule has 3 nitrogen and oxygen atoms in total. The second-order valence-electron chi connectivity index (χ2n) is 0. The minimum atomic E-state index is 0. The first-order valence-corrected chi connectivity index (χ1v) is 0. The zero-order valence-corrected chi connectivity index (χ0v) is 3.47. The Bertz CT molecular complexity index is 3.25. The van der Waals surface area contributed by atoms with Crippen molar-refractivity contribution in [3.63, 3.8) is 0 Å². The van der Waals surface area contributed by atoms with Crippen LogP contribution in [0.25, 0.3) is 0 Å². The van der Waals surface area contributed by atoms with E-state index in [0.717, 1.165) is 0 Å². The Morgan fingerprint density at radius 1 is 0.750 bits per heavy atom. The zero-order valence-electron chi connectivity index (χ0n) is 1.91. The predicted molar refractivity (Wildman–Crippen MR) is 7.91 cm³/mol. The van der Waals surface area contributed by atoms with Crippen molar-refractivity contribution in [3.8, 4) is 0 Å². The summed E-state index contributed by atoms with van der Waals surface area (Å²) < 4.78 is 0. The smallest absolute Gasteiger partial charge is 2.00 e. The fourth-order valence-electron chi connectivity index (χ4n) is 0. The van der Waals surface area contributed by atoms with E-state index in [2.05, 4.69) is 0 Å². The molecule has 0 aliphatic rings. The van der Waals surface area contributed by atoms with Crippen molar-refractivity contribution in [3.05, 3.63) is 0 Å². The molecule has 0 spiro atoms. The summed E-state index contributed by atoms with van der Waals surface area (Å²) >= 11 is 0. The van der Waals surface area contributed by atoms with Gasteiger partial charge in [0.05, 0.1) is 0 Å². The van der Waals surface area contributed by atoms with Crippen LogP contribution in [0.3, 0.4) is 0 Å². The standard InChI is InChI=1S/2H2O.O.Ti/h2*1H2;;/q;;-2;+2. The molecule has 0 saturated carbocycles. The van der Waals surface area contributed by atoms with E-state index in [-0.39, 0.29) is 38.1 Å². The second kappa shape index (κ2) is 68.5. The Kier molecular flexibility index (Phi) is 2880. The Balaban J connectivity index is 0. The van der Waals surface area contributed by atoms with Gasteiger partial charge in [0.15, 0.2) is 0 Å². The molecule has 0 amide bonds. The van der Waals surface area contributed by atoms with E-state index >= 15 is 0 Å². The summed E-state index contributed by atoms with van der Waals surface area (Å²) in [5.41, 5.74) is 0. The van der Waals surface area contributed by atoms with Gasteiger partial charge in [-0.25, -0.2) is 0 Å². The summed E-state index contributed by atoms with van der Waals surface area (Å²) in [5, 5.41) is 0. The monoisotopic (exact) mass is 100.0 g/mol. The van der Waals surface area contributed by atoms with Gasteiger partial charge in [-0.15, -0.1) is 0 Å². The van der Waals surface area contributed by atoms with Crippen LogP contribution >= 0.6 is 0 Å². The maximum Gasteiger partial charge on any atom is 2.00 e. The largest absolute Gasteiger partial charge is 2.00 e. The summed E-state index contributed by atoms with van der Waals surface area (Å²) in [6.07, 6.45) is 0. The van der Waals surface area contributed by atoms with Gasteiger partial charge in [0.2, 0.25) is 0 Å². The van der Waals surface area contributed by atoms with Gasteiger partial charge in [0.1, 0.15) is 0 Å². The SMILES string of the molecule is O.O.[O-2].[Ti+2]. The molecule has 4 heavy (non-hydrogen) atoms. The van der Waals surface area contributed by atoms with Gasteiger partial charge in [-0.1, -0.05) is 0 Å². The molecule has 0 fully saturated rings. The Morgan fingerprint density at radius 3 is 0.750 bits per heavy atom. The van der Waals surface area contributed by atoms with Crippen LogP contribution in [0.15, 0.2) is 0 Å². The summed E-state index contributed by atoms with van der Waals surface area (Å²) in [4.78, 5) is 0. The van der Waals surface area contributed by atoms with E-state index < -0.39 is 0 Å². The summed E-state index contributed by atoms with van der Waals surface area (Å²) in [6.45, 7) is 0. The Hall–Kier alpha value is 0.594. The quantitative estimate of drug-likeness (QED) is 0.322. The van der Waals surface area contributed by atoms with Crippen LogP contribution in [0, 0.1) is 0 Å². The van der Waals surface area contributed by atoms with Gasteiger partial charge < -0.3 is 16.4 Å². The molecule has 0 saturated heterocycles. The zero-order chi connectivity index (χ0) is 0. The Morgan fingerprint density at radius 2 is 0.750 bits per heavy atom. The van der Waals surface area contributed by atoms with E-state index in [1.165, 1.54) is 0 Å². The molecule has 26 valence electrons. The molecule has 0 radical (unpaired) electrons.